The number of amides is 7. The molecule has 19 heteroatoms. The minimum atomic E-state index is -0.677. The van der Waals surface area contributed by atoms with E-state index in [1.54, 1.807) is 42.5 Å². The van der Waals surface area contributed by atoms with Crippen molar-refractivity contribution in [2.75, 3.05) is 44.6 Å². The summed E-state index contributed by atoms with van der Waals surface area (Å²) < 4.78 is 0. The molecule has 0 aliphatic rings. The van der Waals surface area contributed by atoms with Gasteiger partial charge in [-0.1, -0.05) is 44.0 Å². The second-order valence-corrected chi connectivity index (χ2v) is 11.7. The molecule has 7 amide bonds. The first-order chi connectivity index (χ1) is 24.0. The zero-order valence-corrected chi connectivity index (χ0v) is 29.8. The van der Waals surface area contributed by atoms with Crippen molar-refractivity contribution < 1.29 is 33.6 Å². The molecule has 17 nitrogen and oxygen atoms in total. The van der Waals surface area contributed by atoms with E-state index in [1.807, 2.05) is 0 Å². The molecule has 0 radical (unpaired) electrons. The second kappa shape index (κ2) is 20.5. The number of fused-ring (bicyclic) bond motifs is 1. The van der Waals surface area contributed by atoms with Crippen LogP contribution in [-0.2, 0) is 45.8 Å². The van der Waals surface area contributed by atoms with Gasteiger partial charge >= 0.3 is 0 Å². The average Bonchev–Trinajstić information content (AvgIpc) is 3.13. The third-order valence-electron chi connectivity index (χ3n) is 6.84. The lowest BCUT2D eigenvalue weighted by atomic mass is 10.1. The Hall–Kier alpha value is -5.01. The first kappa shape index (κ1) is 39.4. The summed E-state index contributed by atoms with van der Waals surface area (Å²) in [7, 11) is 0. The number of benzene rings is 2. The third-order valence-corrected chi connectivity index (χ3v) is 7.90. The van der Waals surface area contributed by atoms with E-state index < -0.39 is 61.6 Å². The van der Waals surface area contributed by atoms with Gasteiger partial charge in [0, 0.05) is 34.5 Å². The summed E-state index contributed by atoms with van der Waals surface area (Å²) in [4.78, 5) is 92.7. The molecular formula is C31H36Br2N10O7. The first-order valence-electron chi connectivity index (χ1n) is 15.1. The van der Waals surface area contributed by atoms with Gasteiger partial charge in [0.05, 0.1) is 55.1 Å². The van der Waals surface area contributed by atoms with Crippen LogP contribution < -0.4 is 43.0 Å². The van der Waals surface area contributed by atoms with Crippen LogP contribution in [0.1, 0.15) is 27.3 Å². The van der Waals surface area contributed by atoms with Gasteiger partial charge in [-0.3, -0.25) is 33.6 Å². The predicted molar refractivity (Wildman–Crippen MR) is 190 cm³/mol. The number of nitrogens with two attached hydrogens (primary N) is 1. The van der Waals surface area contributed by atoms with Gasteiger partial charge in [-0.05, 0) is 42.3 Å². The highest BCUT2D eigenvalue weighted by Crippen LogP contribution is 2.19. The number of aromatic nitrogens is 2. The Bertz CT molecular complexity index is 1710. The van der Waals surface area contributed by atoms with E-state index in [9.17, 15) is 33.6 Å². The van der Waals surface area contributed by atoms with Crippen LogP contribution >= 0.6 is 31.9 Å². The number of carbonyl (C=O) groups is 7. The van der Waals surface area contributed by atoms with Crippen LogP contribution in [0.4, 0.5) is 5.69 Å². The van der Waals surface area contributed by atoms with Crippen molar-refractivity contribution in [3.8, 4) is 0 Å². The summed E-state index contributed by atoms with van der Waals surface area (Å²) in [6.45, 7) is -1.84. The standard InChI is InChI=1S/C31H36Br2N10O7/c32-9-24-25(10-33)43-23-8-19(3-6-22(23)42-24)31(50)39-15-29(48)37-13-27(46)35-12-26(45)36-14-28(47)38-16-30(49)41-20-4-1-18(2-5-20)7-21(11-34)40-17-44/h1-6,8,17,21H,7,9-16,34H2,(H,35,46)(H,36,45)(H,37,48)(H,38,47)(H,39,50)(H,40,44)(H,41,49). The Balaban J connectivity index is 1.28. The van der Waals surface area contributed by atoms with Crippen molar-refractivity contribution in [3.63, 3.8) is 0 Å². The molecule has 0 spiro atoms. The topological polar surface area (TPSA) is 255 Å². The molecular weight excluding hydrogens is 784 g/mol. The van der Waals surface area contributed by atoms with Crippen LogP contribution in [0.2, 0.25) is 0 Å². The number of hydrogen-bond acceptors (Lipinski definition) is 10. The molecule has 1 aromatic heterocycles. The number of hydrogen-bond donors (Lipinski definition) is 8. The van der Waals surface area contributed by atoms with E-state index in [2.05, 4.69) is 79.0 Å². The van der Waals surface area contributed by atoms with E-state index in [0.29, 0.717) is 40.2 Å². The second-order valence-electron chi connectivity index (χ2n) is 10.5. The molecule has 0 aliphatic heterocycles. The van der Waals surface area contributed by atoms with Crippen molar-refractivity contribution in [3.05, 3.63) is 65.0 Å². The molecule has 266 valence electrons. The van der Waals surface area contributed by atoms with Gasteiger partial charge in [0.1, 0.15) is 0 Å². The Morgan fingerprint density at radius 1 is 0.680 bits per heavy atom. The molecule has 0 bridgehead atoms. The highest BCUT2D eigenvalue weighted by molar-refractivity contribution is 9.09. The lowest BCUT2D eigenvalue weighted by Gasteiger charge is -2.14. The summed E-state index contributed by atoms with van der Waals surface area (Å²) in [5, 5.41) is 18.0. The van der Waals surface area contributed by atoms with Gasteiger partial charge in [0.15, 0.2) is 0 Å². The number of nitrogens with one attached hydrogen (secondary N) is 7. The van der Waals surface area contributed by atoms with E-state index in [4.69, 9.17) is 5.73 Å². The van der Waals surface area contributed by atoms with Gasteiger partial charge in [-0.2, -0.15) is 0 Å². The Labute approximate surface area is 303 Å². The van der Waals surface area contributed by atoms with Crippen LogP contribution in [-0.4, -0.2) is 97.1 Å². The van der Waals surface area contributed by atoms with Crippen molar-refractivity contribution in [1.29, 1.82) is 0 Å². The SMILES string of the molecule is NCC(Cc1ccc(NC(=O)CNC(=O)CNC(=O)CNC(=O)CNC(=O)CNC(=O)c2ccc3nc(CBr)c(CBr)nc3c2)cc1)NC=O. The van der Waals surface area contributed by atoms with Crippen LogP contribution in [0.25, 0.3) is 11.0 Å². The molecule has 0 fully saturated rings. The number of halogens is 2. The molecule has 9 N–H and O–H groups in total. The molecule has 0 saturated heterocycles. The Kier molecular flexibility index (Phi) is 16.2. The normalized spacial score (nSPS) is 11.1. The zero-order chi connectivity index (χ0) is 36.5. The van der Waals surface area contributed by atoms with Crippen molar-refractivity contribution in [2.24, 2.45) is 5.73 Å². The van der Waals surface area contributed by atoms with Crippen LogP contribution in [0.3, 0.4) is 0 Å². The molecule has 1 heterocycles. The summed E-state index contributed by atoms with van der Waals surface area (Å²) in [6.07, 6.45) is 1.11. The minimum absolute atomic E-state index is 0.207. The predicted octanol–water partition coefficient (Wildman–Crippen LogP) is -1.13. The summed E-state index contributed by atoms with van der Waals surface area (Å²) >= 11 is 6.75. The highest BCUT2D eigenvalue weighted by Gasteiger charge is 2.14. The first-order valence-corrected chi connectivity index (χ1v) is 17.3. The van der Waals surface area contributed by atoms with Crippen molar-refractivity contribution in [1.82, 2.24) is 41.9 Å². The Morgan fingerprint density at radius 3 is 1.68 bits per heavy atom. The third kappa shape index (κ3) is 13.1. The van der Waals surface area contributed by atoms with Gasteiger partial charge in [-0.15, -0.1) is 0 Å². The molecule has 0 aliphatic carbocycles. The van der Waals surface area contributed by atoms with Gasteiger partial charge < -0.3 is 43.0 Å². The van der Waals surface area contributed by atoms with Crippen LogP contribution in [0, 0.1) is 0 Å². The number of alkyl halides is 2. The summed E-state index contributed by atoms with van der Waals surface area (Å²) in [5.74, 6) is -3.64. The minimum Gasteiger partial charge on any atom is -0.354 e. The van der Waals surface area contributed by atoms with Gasteiger partial charge in [-0.25, -0.2) is 9.97 Å². The molecule has 3 aromatic rings. The maximum Gasteiger partial charge on any atom is 0.251 e. The maximum atomic E-state index is 12.6. The highest BCUT2D eigenvalue weighted by atomic mass is 79.9. The zero-order valence-electron chi connectivity index (χ0n) is 26.6. The van der Waals surface area contributed by atoms with E-state index in [0.717, 1.165) is 17.0 Å². The lowest BCUT2D eigenvalue weighted by molar-refractivity contribution is -0.128. The van der Waals surface area contributed by atoms with Gasteiger partial charge in [0.25, 0.3) is 5.91 Å². The number of carbonyl (C=O) groups excluding carboxylic acids is 7. The van der Waals surface area contributed by atoms with Crippen molar-refractivity contribution >= 4 is 90.4 Å². The molecule has 2 aromatic carbocycles. The number of rotatable bonds is 19. The van der Waals surface area contributed by atoms with E-state index in [1.165, 1.54) is 0 Å². The molecule has 0 saturated carbocycles. The average molecular weight is 821 g/mol. The fourth-order valence-corrected chi connectivity index (χ4v) is 5.13. The van der Waals surface area contributed by atoms with E-state index >= 15 is 0 Å². The smallest absolute Gasteiger partial charge is 0.251 e. The number of anilines is 1. The van der Waals surface area contributed by atoms with Gasteiger partial charge in [0.2, 0.25) is 35.9 Å². The van der Waals surface area contributed by atoms with Crippen LogP contribution in [0.15, 0.2) is 42.5 Å². The largest absolute Gasteiger partial charge is 0.354 e. The van der Waals surface area contributed by atoms with E-state index in [-0.39, 0.29) is 24.7 Å². The Morgan fingerprint density at radius 2 is 1.18 bits per heavy atom. The summed E-state index contributed by atoms with van der Waals surface area (Å²) in [5.41, 5.74) is 9.94. The molecule has 1 atom stereocenters. The molecule has 50 heavy (non-hydrogen) atoms. The maximum absolute atomic E-state index is 12.6. The monoisotopic (exact) mass is 818 g/mol. The molecule has 1 unspecified atom stereocenters. The fraction of sp³-hybridized carbons (Fsp3) is 0.323. The number of nitrogens with zero attached hydrogens (tertiary/aromatic N) is 2. The van der Waals surface area contributed by atoms with Crippen molar-refractivity contribution in [2.45, 2.75) is 23.1 Å². The van der Waals surface area contributed by atoms with Crippen LogP contribution in [0.5, 0.6) is 0 Å². The summed E-state index contributed by atoms with van der Waals surface area (Å²) in [6, 6.07) is 11.5. The quantitative estimate of drug-likeness (QED) is 0.0534. The lowest BCUT2D eigenvalue weighted by Crippen LogP contribution is -2.46. The molecule has 3 rings (SSSR count). The fourth-order valence-electron chi connectivity index (χ4n) is 4.23.